The third kappa shape index (κ3) is 3.65. The molecule has 0 aromatic heterocycles. The maximum atomic E-state index is 12.1. The number of hydrogen-bond acceptors (Lipinski definition) is 2. The third-order valence-electron chi connectivity index (χ3n) is 2.76. The van der Waals surface area contributed by atoms with E-state index in [4.69, 9.17) is 27.9 Å². The van der Waals surface area contributed by atoms with E-state index in [2.05, 4.69) is 5.32 Å². The molecular weight excluding hydrogens is 297 g/mol. The lowest BCUT2D eigenvalue weighted by atomic mass is 10.2. The summed E-state index contributed by atoms with van der Waals surface area (Å²) in [6, 6.07) is 12.3. The molecule has 2 aromatic rings. The van der Waals surface area contributed by atoms with E-state index in [9.17, 15) is 4.79 Å². The molecule has 0 aliphatic carbocycles. The number of hydrogen-bond donors (Lipinski definition) is 1. The molecule has 0 bridgehead atoms. The first kappa shape index (κ1) is 14.7. The second kappa shape index (κ2) is 6.64. The number of ether oxygens (including phenoxy) is 1. The molecule has 0 aliphatic rings. The number of carbonyl (C=O) groups is 1. The molecular formula is C15H13Cl2NO2. The SMILES string of the molecule is COc1cccc(CNC(=O)c2cc(Cl)ccc2Cl)c1. The molecule has 104 valence electrons. The van der Waals surface area contributed by atoms with E-state index < -0.39 is 0 Å². The van der Waals surface area contributed by atoms with Crippen LogP contribution < -0.4 is 10.1 Å². The van der Waals surface area contributed by atoms with Crippen molar-refractivity contribution >= 4 is 29.1 Å². The summed E-state index contributed by atoms with van der Waals surface area (Å²) in [5.41, 5.74) is 1.30. The Kier molecular flexibility index (Phi) is 4.88. The lowest BCUT2D eigenvalue weighted by Gasteiger charge is -2.08. The number of rotatable bonds is 4. The van der Waals surface area contributed by atoms with Crippen molar-refractivity contribution in [2.75, 3.05) is 7.11 Å². The van der Waals surface area contributed by atoms with Gasteiger partial charge in [0.05, 0.1) is 17.7 Å². The van der Waals surface area contributed by atoms with Gasteiger partial charge >= 0.3 is 0 Å². The summed E-state index contributed by atoms with van der Waals surface area (Å²) < 4.78 is 5.13. The van der Waals surface area contributed by atoms with E-state index in [-0.39, 0.29) is 5.91 Å². The Labute approximate surface area is 127 Å². The third-order valence-corrected chi connectivity index (χ3v) is 3.32. The van der Waals surface area contributed by atoms with Gasteiger partial charge in [-0.05, 0) is 35.9 Å². The lowest BCUT2D eigenvalue weighted by molar-refractivity contribution is 0.0951. The van der Waals surface area contributed by atoms with Crippen LogP contribution in [0, 0.1) is 0 Å². The van der Waals surface area contributed by atoms with Crippen molar-refractivity contribution in [2.24, 2.45) is 0 Å². The highest BCUT2D eigenvalue weighted by Crippen LogP contribution is 2.20. The van der Waals surface area contributed by atoms with Crippen molar-refractivity contribution in [3.8, 4) is 5.75 Å². The summed E-state index contributed by atoms with van der Waals surface area (Å²) in [4.78, 5) is 12.1. The highest BCUT2D eigenvalue weighted by atomic mass is 35.5. The average Bonchev–Trinajstić information content (AvgIpc) is 2.47. The molecule has 0 atom stereocenters. The standard InChI is InChI=1S/C15H13Cl2NO2/c1-20-12-4-2-3-10(7-12)9-18-15(19)13-8-11(16)5-6-14(13)17/h2-8H,9H2,1H3,(H,18,19). The second-order valence-corrected chi connectivity index (χ2v) is 5.00. The molecule has 0 aliphatic heterocycles. The van der Waals surface area contributed by atoms with Crippen LogP contribution in [0.4, 0.5) is 0 Å². The van der Waals surface area contributed by atoms with Crippen LogP contribution in [0.3, 0.4) is 0 Å². The van der Waals surface area contributed by atoms with Gasteiger partial charge in [-0.1, -0.05) is 35.3 Å². The predicted molar refractivity (Wildman–Crippen MR) is 80.6 cm³/mol. The van der Waals surface area contributed by atoms with Gasteiger partial charge in [-0.2, -0.15) is 0 Å². The van der Waals surface area contributed by atoms with E-state index in [1.54, 1.807) is 25.3 Å². The average molecular weight is 310 g/mol. The van der Waals surface area contributed by atoms with Gasteiger partial charge in [0.1, 0.15) is 5.75 Å². The molecule has 0 heterocycles. The first-order valence-corrected chi connectivity index (χ1v) is 6.72. The zero-order valence-corrected chi connectivity index (χ0v) is 12.3. The largest absolute Gasteiger partial charge is 0.497 e. The van der Waals surface area contributed by atoms with Gasteiger partial charge in [0, 0.05) is 11.6 Å². The van der Waals surface area contributed by atoms with Crippen molar-refractivity contribution in [1.82, 2.24) is 5.32 Å². The van der Waals surface area contributed by atoms with Crippen LogP contribution in [-0.2, 0) is 6.54 Å². The van der Waals surface area contributed by atoms with Crippen LogP contribution in [0.25, 0.3) is 0 Å². The van der Waals surface area contributed by atoms with E-state index in [0.29, 0.717) is 22.2 Å². The maximum Gasteiger partial charge on any atom is 0.253 e. The second-order valence-electron chi connectivity index (χ2n) is 4.16. The van der Waals surface area contributed by atoms with Crippen molar-refractivity contribution < 1.29 is 9.53 Å². The Morgan fingerprint density at radius 2 is 2.00 bits per heavy atom. The summed E-state index contributed by atoms with van der Waals surface area (Å²) in [5.74, 6) is 0.484. The minimum Gasteiger partial charge on any atom is -0.497 e. The number of amides is 1. The van der Waals surface area contributed by atoms with Crippen LogP contribution in [0.5, 0.6) is 5.75 Å². The summed E-state index contributed by atoms with van der Waals surface area (Å²) >= 11 is 11.8. The zero-order valence-electron chi connectivity index (χ0n) is 10.8. The molecule has 0 saturated heterocycles. The normalized spacial score (nSPS) is 10.2. The van der Waals surface area contributed by atoms with Gasteiger partial charge in [-0.25, -0.2) is 0 Å². The molecule has 2 aromatic carbocycles. The van der Waals surface area contributed by atoms with E-state index in [1.165, 1.54) is 0 Å². The van der Waals surface area contributed by atoms with Crippen LogP contribution in [-0.4, -0.2) is 13.0 Å². The molecule has 1 N–H and O–H groups in total. The van der Waals surface area contributed by atoms with Crippen LogP contribution in [0.2, 0.25) is 10.0 Å². The number of carbonyl (C=O) groups excluding carboxylic acids is 1. The molecule has 0 unspecified atom stereocenters. The molecule has 0 fully saturated rings. The van der Waals surface area contributed by atoms with E-state index in [0.717, 1.165) is 11.3 Å². The highest BCUT2D eigenvalue weighted by molar-refractivity contribution is 6.35. The Bertz CT molecular complexity index is 629. The molecule has 0 spiro atoms. The number of benzene rings is 2. The smallest absolute Gasteiger partial charge is 0.253 e. The minimum absolute atomic E-state index is 0.264. The Morgan fingerprint density at radius 1 is 1.20 bits per heavy atom. The minimum atomic E-state index is -0.264. The summed E-state index contributed by atoms with van der Waals surface area (Å²) in [7, 11) is 1.60. The highest BCUT2D eigenvalue weighted by Gasteiger charge is 2.10. The summed E-state index contributed by atoms with van der Waals surface area (Å²) in [5, 5.41) is 3.64. The van der Waals surface area contributed by atoms with Crippen molar-refractivity contribution in [3.63, 3.8) is 0 Å². The first-order chi connectivity index (χ1) is 9.60. The monoisotopic (exact) mass is 309 g/mol. The Hall–Kier alpha value is -1.71. The van der Waals surface area contributed by atoms with E-state index >= 15 is 0 Å². The molecule has 0 radical (unpaired) electrons. The summed E-state index contributed by atoms with van der Waals surface area (Å²) in [6.45, 7) is 0.388. The summed E-state index contributed by atoms with van der Waals surface area (Å²) in [6.07, 6.45) is 0. The molecule has 20 heavy (non-hydrogen) atoms. The maximum absolute atomic E-state index is 12.1. The quantitative estimate of drug-likeness (QED) is 0.929. The van der Waals surface area contributed by atoms with Crippen LogP contribution in [0.15, 0.2) is 42.5 Å². The molecule has 2 rings (SSSR count). The van der Waals surface area contributed by atoms with Gasteiger partial charge in [-0.15, -0.1) is 0 Å². The van der Waals surface area contributed by atoms with Gasteiger partial charge in [0.15, 0.2) is 0 Å². The molecule has 0 saturated carbocycles. The van der Waals surface area contributed by atoms with Crippen molar-refractivity contribution in [2.45, 2.75) is 6.54 Å². The fourth-order valence-electron chi connectivity index (χ4n) is 1.73. The first-order valence-electron chi connectivity index (χ1n) is 5.96. The number of nitrogens with one attached hydrogen (secondary N) is 1. The van der Waals surface area contributed by atoms with E-state index in [1.807, 2.05) is 24.3 Å². The number of methoxy groups -OCH3 is 1. The topological polar surface area (TPSA) is 38.3 Å². The van der Waals surface area contributed by atoms with Gasteiger partial charge in [0.25, 0.3) is 5.91 Å². The van der Waals surface area contributed by atoms with Gasteiger partial charge < -0.3 is 10.1 Å². The van der Waals surface area contributed by atoms with Gasteiger partial charge in [0.2, 0.25) is 0 Å². The lowest BCUT2D eigenvalue weighted by Crippen LogP contribution is -2.23. The Balaban J connectivity index is 2.06. The fraction of sp³-hybridized carbons (Fsp3) is 0.133. The van der Waals surface area contributed by atoms with Crippen molar-refractivity contribution in [3.05, 3.63) is 63.6 Å². The van der Waals surface area contributed by atoms with Crippen LogP contribution >= 0.6 is 23.2 Å². The Morgan fingerprint density at radius 3 is 2.75 bits per heavy atom. The van der Waals surface area contributed by atoms with Crippen molar-refractivity contribution in [1.29, 1.82) is 0 Å². The fourth-order valence-corrected chi connectivity index (χ4v) is 2.11. The number of halogens is 2. The predicted octanol–water partition coefficient (Wildman–Crippen LogP) is 3.93. The molecule has 3 nitrogen and oxygen atoms in total. The molecule has 1 amide bonds. The molecule has 5 heteroatoms. The van der Waals surface area contributed by atoms with Gasteiger partial charge in [-0.3, -0.25) is 4.79 Å². The van der Waals surface area contributed by atoms with Crippen LogP contribution in [0.1, 0.15) is 15.9 Å². The zero-order chi connectivity index (χ0) is 14.5.